The van der Waals surface area contributed by atoms with Crippen LogP contribution in [0.1, 0.15) is 55.4 Å². The number of nitrogens with zero attached hydrogens (tertiary/aromatic N) is 1. The fraction of sp³-hybridized carbons (Fsp3) is 0.480. The third-order valence-corrected chi connectivity index (χ3v) is 7.62. The highest BCUT2D eigenvalue weighted by Crippen LogP contribution is 2.38. The van der Waals surface area contributed by atoms with Gasteiger partial charge in [0.05, 0.1) is 22.4 Å². The summed E-state index contributed by atoms with van der Waals surface area (Å²) in [5, 5.41) is 0. The maximum absolute atomic E-state index is 6.18. The second-order valence-corrected chi connectivity index (χ2v) is 11.0. The van der Waals surface area contributed by atoms with E-state index in [1.807, 2.05) is 70.2 Å². The van der Waals surface area contributed by atoms with Crippen molar-refractivity contribution in [3.63, 3.8) is 0 Å². The highest BCUT2D eigenvalue weighted by Gasteiger charge is 2.52. The summed E-state index contributed by atoms with van der Waals surface area (Å²) < 4.78 is 30.7. The Morgan fingerprint density at radius 2 is 1.06 bits per heavy atom. The molecule has 3 aromatic rings. The average Bonchev–Trinajstić information content (AvgIpc) is 3.31. The topological polar surface area (TPSA) is 63.0 Å². The van der Waals surface area contributed by atoms with Gasteiger partial charge in [0, 0.05) is 5.56 Å². The first-order chi connectivity index (χ1) is 15.3. The predicted octanol–water partition coefficient (Wildman–Crippen LogP) is 4.09. The summed E-state index contributed by atoms with van der Waals surface area (Å²) in [6, 6.07) is 13.8. The lowest BCUT2D eigenvalue weighted by Gasteiger charge is -2.32. The van der Waals surface area contributed by atoms with Gasteiger partial charge in [0.25, 0.3) is 0 Å². The van der Waals surface area contributed by atoms with E-state index in [-0.39, 0.29) is 22.4 Å². The standard InChI is InChI=1S/C25H31B2NO5/c1-22(2)23(3,4)31-26(30-22)17-11-9-16(10-12-17)21-28-19-15-18(13-14-20(19)29-21)27-32-24(5,6)25(7,8)33-27/h9-15H,1-8H3. The molecule has 2 saturated heterocycles. The molecule has 8 heteroatoms. The smallest absolute Gasteiger partial charge is 0.436 e. The Bertz CT molecular complexity index is 1170. The monoisotopic (exact) mass is 447 g/mol. The molecule has 0 atom stereocenters. The molecular formula is C25H31B2NO5. The molecule has 2 fully saturated rings. The van der Waals surface area contributed by atoms with Crippen LogP contribution in [-0.4, -0.2) is 41.6 Å². The zero-order valence-corrected chi connectivity index (χ0v) is 20.7. The Morgan fingerprint density at radius 1 is 0.606 bits per heavy atom. The zero-order chi connectivity index (χ0) is 23.8. The Kier molecular flexibility index (Phi) is 4.94. The van der Waals surface area contributed by atoms with Crippen molar-refractivity contribution in [1.82, 2.24) is 4.98 Å². The van der Waals surface area contributed by atoms with Crippen LogP contribution in [0.3, 0.4) is 0 Å². The van der Waals surface area contributed by atoms with Crippen LogP contribution in [0.2, 0.25) is 0 Å². The van der Waals surface area contributed by atoms with Crippen molar-refractivity contribution in [1.29, 1.82) is 0 Å². The molecule has 2 aliphatic heterocycles. The maximum Gasteiger partial charge on any atom is 0.494 e. The molecule has 3 heterocycles. The molecule has 0 spiro atoms. The van der Waals surface area contributed by atoms with Gasteiger partial charge in [-0.15, -0.1) is 0 Å². The average molecular weight is 447 g/mol. The minimum atomic E-state index is -0.432. The lowest BCUT2D eigenvalue weighted by molar-refractivity contribution is 0.00578. The molecule has 0 aliphatic carbocycles. The number of hydrogen-bond donors (Lipinski definition) is 0. The fourth-order valence-corrected chi connectivity index (χ4v) is 3.96. The summed E-state index contributed by atoms with van der Waals surface area (Å²) >= 11 is 0. The highest BCUT2D eigenvalue weighted by atomic mass is 16.7. The SMILES string of the molecule is CC1(C)OB(c2ccc(-c3nc4cc(B5OC(C)(C)C(C)(C)O5)ccc4o3)cc2)OC1(C)C. The second-order valence-electron chi connectivity index (χ2n) is 11.0. The first kappa shape index (κ1) is 22.7. The Labute approximate surface area is 196 Å². The lowest BCUT2D eigenvalue weighted by atomic mass is 9.79. The summed E-state index contributed by atoms with van der Waals surface area (Å²) in [6.45, 7) is 16.4. The van der Waals surface area contributed by atoms with E-state index >= 15 is 0 Å². The molecule has 0 amide bonds. The molecular weight excluding hydrogens is 416 g/mol. The molecule has 0 N–H and O–H groups in total. The third kappa shape index (κ3) is 3.73. The summed E-state index contributed by atoms with van der Waals surface area (Å²) in [4.78, 5) is 4.72. The third-order valence-electron chi connectivity index (χ3n) is 7.62. The van der Waals surface area contributed by atoms with Gasteiger partial charge in [-0.05, 0) is 90.6 Å². The summed E-state index contributed by atoms with van der Waals surface area (Å²) in [6.07, 6.45) is 0. The van der Waals surface area contributed by atoms with Gasteiger partial charge in [0.1, 0.15) is 5.52 Å². The maximum atomic E-state index is 6.18. The van der Waals surface area contributed by atoms with E-state index in [0.717, 1.165) is 27.6 Å². The van der Waals surface area contributed by atoms with E-state index in [1.54, 1.807) is 0 Å². The summed E-state index contributed by atoms with van der Waals surface area (Å²) in [7, 11) is -0.825. The summed E-state index contributed by atoms with van der Waals surface area (Å²) in [5.41, 5.74) is 2.77. The van der Waals surface area contributed by atoms with E-state index in [0.29, 0.717) is 5.89 Å². The van der Waals surface area contributed by atoms with Gasteiger partial charge in [-0.3, -0.25) is 0 Å². The zero-order valence-electron chi connectivity index (χ0n) is 20.7. The normalized spacial score (nSPS) is 22.9. The molecule has 0 bridgehead atoms. The van der Waals surface area contributed by atoms with Crippen LogP contribution in [0.25, 0.3) is 22.6 Å². The van der Waals surface area contributed by atoms with Crippen molar-refractivity contribution in [2.45, 2.75) is 77.8 Å². The van der Waals surface area contributed by atoms with E-state index in [9.17, 15) is 0 Å². The van der Waals surface area contributed by atoms with Gasteiger partial charge in [-0.1, -0.05) is 18.2 Å². The molecule has 2 aliphatic rings. The van der Waals surface area contributed by atoms with Crippen molar-refractivity contribution in [3.05, 3.63) is 42.5 Å². The number of aromatic nitrogens is 1. The van der Waals surface area contributed by atoms with Crippen LogP contribution in [0.5, 0.6) is 0 Å². The largest absolute Gasteiger partial charge is 0.494 e. The lowest BCUT2D eigenvalue weighted by Crippen LogP contribution is -2.41. The quantitative estimate of drug-likeness (QED) is 0.564. The second kappa shape index (κ2) is 7.19. The van der Waals surface area contributed by atoms with Gasteiger partial charge in [0.15, 0.2) is 5.58 Å². The Hall–Kier alpha value is -2.12. The van der Waals surface area contributed by atoms with Crippen molar-refractivity contribution >= 4 is 36.3 Å². The number of fused-ring (bicyclic) bond motifs is 1. The molecule has 2 aromatic carbocycles. The number of hydrogen-bond acceptors (Lipinski definition) is 6. The van der Waals surface area contributed by atoms with Gasteiger partial charge < -0.3 is 23.0 Å². The van der Waals surface area contributed by atoms with Crippen LogP contribution in [-0.2, 0) is 18.6 Å². The molecule has 5 rings (SSSR count). The molecule has 1 aromatic heterocycles. The predicted molar refractivity (Wildman–Crippen MR) is 131 cm³/mol. The molecule has 33 heavy (non-hydrogen) atoms. The Morgan fingerprint density at radius 3 is 1.58 bits per heavy atom. The molecule has 0 radical (unpaired) electrons. The van der Waals surface area contributed by atoms with E-state index in [2.05, 4.69) is 27.7 Å². The highest BCUT2D eigenvalue weighted by molar-refractivity contribution is 6.62. The molecule has 0 saturated carbocycles. The van der Waals surface area contributed by atoms with Crippen LogP contribution in [0.15, 0.2) is 46.9 Å². The molecule has 6 nitrogen and oxygen atoms in total. The van der Waals surface area contributed by atoms with Crippen molar-refractivity contribution < 1.29 is 23.0 Å². The van der Waals surface area contributed by atoms with Crippen molar-refractivity contribution in [2.75, 3.05) is 0 Å². The summed E-state index contributed by atoms with van der Waals surface area (Å²) in [5.74, 6) is 0.566. The van der Waals surface area contributed by atoms with Crippen molar-refractivity contribution in [2.24, 2.45) is 0 Å². The number of rotatable bonds is 3. The minimum absolute atomic E-state index is 0.370. The van der Waals surface area contributed by atoms with Crippen LogP contribution >= 0.6 is 0 Å². The first-order valence-electron chi connectivity index (χ1n) is 11.5. The molecule has 0 unspecified atom stereocenters. The molecule has 172 valence electrons. The number of benzene rings is 2. The Balaban J connectivity index is 1.38. The van der Waals surface area contributed by atoms with E-state index < -0.39 is 14.2 Å². The van der Waals surface area contributed by atoms with Crippen LogP contribution in [0, 0.1) is 0 Å². The van der Waals surface area contributed by atoms with Crippen LogP contribution in [0.4, 0.5) is 0 Å². The van der Waals surface area contributed by atoms with Gasteiger partial charge in [-0.2, -0.15) is 0 Å². The van der Waals surface area contributed by atoms with Crippen LogP contribution < -0.4 is 10.9 Å². The first-order valence-corrected chi connectivity index (χ1v) is 11.5. The number of oxazole rings is 1. The fourth-order valence-electron chi connectivity index (χ4n) is 3.96. The van der Waals surface area contributed by atoms with E-state index in [1.165, 1.54) is 0 Å². The van der Waals surface area contributed by atoms with Crippen molar-refractivity contribution in [3.8, 4) is 11.5 Å². The van der Waals surface area contributed by atoms with Gasteiger partial charge in [-0.25, -0.2) is 4.98 Å². The van der Waals surface area contributed by atoms with E-state index in [4.69, 9.17) is 28.0 Å². The van der Waals surface area contributed by atoms with Gasteiger partial charge >= 0.3 is 14.2 Å². The van der Waals surface area contributed by atoms with Gasteiger partial charge in [0.2, 0.25) is 5.89 Å². The minimum Gasteiger partial charge on any atom is -0.436 e.